The molecule has 2 aliphatic heterocycles. The van der Waals surface area contributed by atoms with Gasteiger partial charge < -0.3 is 5.32 Å². The van der Waals surface area contributed by atoms with Gasteiger partial charge in [-0.25, -0.2) is 13.4 Å². The molecule has 25 heavy (non-hydrogen) atoms. The van der Waals surface area contributed by atoms with Crippen molar-refractivity contribution in [1.29, 1.82) is 0 Å². The number of carbonyl (C=O) groups excluding carboxylic acids is 1. The standard InChI is InChI=1S/C17H25N3O3S2/c21-17-15(7-3-4-10-18-17)24-16-9-8-14(13-19-16)25(22,23)20-11-5-1-2-6-12-20/h8-9,13,15H,1-7,10-12H2,(H,18,21)/t15-/m1/s1. The highest BCUT2D eigenvalue weighted by atomic mass is 32.2. The highest BCUT2D eigenvalue weighted by Gasteiger charge is 2.26. The molecule has 1 aromatic rings. The number of aromatic nitrogens is 1. The van der Waals surface area contributed by atoms with Gasteiger partial charge in [0.15, 0.2) is 0 Å². The second-order valence-corrected chi connectivity index (χ2v) is 9.70. The monoisotopic (exact) mass is 383 g/mol. The summed E-state index contributed by atoms with van der Waals surface area (Å²) in [4.78, 5) is 16.6. The molecule has 1 amide bonds. The van der Waals surface area contributed by atoms with Crippen LogP contribution in [0, 0.1) is 0 Å². The van der Waals surface area contributed by atoms with E-state index in [0.29, 0.717) is 18.1 Å². The average molecular weight is 384 g/mol. The van der Waals surface area contributed by atoms with Crippen LogP contribution >= 0.6 is 11.8 Å². The summed E-state index contributed by atoms with van der Waals surface area (Å²) in [5, 5.41) is 3.45. The minimum atomic E-state index is -3.47. The number of amides is 1. The van der Waals surface area contributed by atoms with Crippen LogP contribution in [0.2, 0.25) is 0 Å². The lowest BCUT2D eigenvalue weighted by atomic mass is 10.2. The lowest BCUT2D eigenvalue weighted by molar-refractivity contribution is -0.120. The molecule has 0 aromatic carbocycles. The van der Waals surface area contributed by atoms with Gasteiger partial charge in [0.1, 0.15) is 4.90 Å². The number of hydrogen-bond acceptors (Lipinski definition) is 5. The van der Waals surface area contributed by atoms with Crippen molar-refractivity contribution in [2.75, 3.05) is 19.6 Å². The van der Waals surface area contributed by atoms with Crippen molar-refractivity contribution in [3.05, 3.63) is 18.3 Å². The minimum Gasteiger partial charge on any atom is -0.355 e. The molecule has 1 atom stereocenters. The van der Waals surface area contributed by atoms with Crippen LogP contribution < -0.4 is 5.32 Å². The van der Waals surface area contributed by atoms with Gasteiger partial charge in [-0.3, -0.25) is 4.79 Å². The van der Waals surface area contributed by atoms with Gasteiger partial charge in [0.25, 0.3) is 0 Å². The molecule has 1 N–H and O–H groups in total. The zero-order valence-corrected chi connectivity index (χ0v) is 15.9. The van der Waals surface area contributed by atoms with Gasteiger partial charge in [-0.1, -0.05) is 31.0 Å². The molecule has 6 nitrogen and oxygen atoms in total. The van der Waals surface area contributed by atoms with Crippen LogP contribution in [0.1, 0.15) is 44.9 Å². The van der Waals surface area contributed by atoms with Crippen LogP contribution in [0.15, 0.2) is 28.3 Å². The van der Waals surface area contributed by atoms with Gasteiger partial charge >= 0.3 is 0 Å². The molecule has 0 radical (unpaired) electrons. The van der Waals surface area contributed by atoms with Crippen molar-refractivity contribution < 1.29 is 13.2 Å². The Bertz CT molecular complexity index is 684. The minimum absolute atomic E-state index is 0.0468. The third-order valence-corrected chi connectivity index (χ3v) is 7.76. The molecule has 3 heterocycles. The fourth-order valence-electron chi connectivity index (χ4n) is 3.19. The van der Waals surface area contributed by atoms with E-state index >= 15 is 0 Å². The molecular formula is C17H25N3O3S2. The molecule has 138 valence electrons. The van der Waals surface area contributed by atoms with Gasteiger partial charge in [-0.15, -0.1) is 0 Å². The van der Waals surface area contributed by atoms with Crippen molar-refractivity contribution in [3.63, 3.8) is 0 Å². The van der Waals surface area contributed by atoms with Gasteiger partial charge in [0.05, 0.1) is 10.3 Å². The predicted molar refractivity (Wildman–Crippen MR) is 98.0 cm³/mol. The second kappa shape index (κ2) is 8.51. The molecule has 0 aliphatic carbocycles. The summed E-state index contributed by atoms with van der Waals surface area (Å²) in [6.07, 6.45) is 8.27. The summed E-state index contributed by atoms with van der Waals surface area (Å²) >= 11 is 1.41. The van der Waals surface area contributed by atoms with Crippen molar-refractivity contribution in [2.45, 2.75) is 60.1 Å². The van der Waals surface area contributed by atoms with Crippen LogP contribution in [-0.2, 0) is 14.8 Å². The zero-order valence-electron chi connectivity index (χ0n) is 14.3. The van der Waals surface area contributed by atoms with Crippen LogP contribution in [0.3, 0.4) is 0 Å². The molecular weight excluding hydrogens is 358 g/mol. The van der Waals surface area contributed by atoms with Gasteiger partial charge in [-0.05, 0) is 37.8 Å². The van der Waals surface area contributed by atoms with Crippen LogP contribution in [-0.4, -0.2) is 48.5 Å². The first-order chi connectivity index (χ1) is 12.1. The highest BCUT2D eigenvalue weighted by Crippen LogP contribution is 2.28. The Morgan fingerprint density at radius 3 is 2.52 bits per heavy atom. The topological polar surface area (TPSA) is 79.4 Å². The number of sulfonamides is 1. The molecule has 2 fully saturated rings. The summed E-state index contributed by atoms with van der Waals surface area (Å²) in [6.45, 7) is 1.90. The van der Waals surface area contributed by atoms with E-state index in [4.69, 9.17) is 0 Å². The largest absolute Gasteiger partial charge is 0.355 e. The van der Waals surface area contributed by atoms with E-state index in [1.807, 2.05) is 0 Å². The fourth-order valence-corrected chi connectivity index (χ4v) is 5.68. The van der Waals surface area contributed by atoms with E-state index < -0.39 is 10.0 Å². The fraction of sp³-hybridized carbons (Fsp3) is 0.647. The average Bonchev–Trinajstić information content (AvgIpc) is 3.00. The van der Waals surface area contributed by atoms with Crippen molar-refractivity contribution >= 4 is 27.7 Å². The normalized spacial score (nSPS) is 23.5. The molecule has 1 aromatic heterocycles. The van der Waals surface area contributed by atoms with Gasteiger partial charge in [0, 0.05) is 25.8 Å². The van der Waals surface area contributed by atoms with E-state index in [0.717, 1.165) is 51.5 Å². The third kappa shape index (κ3) is 4.74. The Labute approximate surface area is 153 Å². The Kier molecular flexibility index (Phi) is 6.35. The van der Waals surface area contributed by atoms with Crippen molar-refractivity contribution in [3.8, 4) is 0 Å². The smallest absolute Gasteiger partial charge is 0.244 e. The van der Waals surface area contributed by atoms with Crippen molar-refractivity contribution in [2.24, 2.45) is 0 Å². The summed E-state index contributed by atoms with van der Waals surface area (Å²) in [5.74, 6) is 0.0468. The molecule has 0 spiro atoms. The first-order valence-corrected chi connectivity index (χ1v) is 11.3. The lowest BCUT2D eigenvalue weighted by Gasteiger charge is -2.20. The lowest BCUT2D eigenvalue weighted by Crippen LogP contribution is -2.32. The first-order valence-electron chi connectivity index (χ1n) is 8.98. The SMILES string of the molecule is O=C1NCCCC[C@H]1Sc1ccc(S(=O)(=O)N2CCCCCC2)cn1. The summed E-state index contributed by atoms with van der Waals surface area (Å²) in [6, 6.07) is 3.33. The number of nitrogens with one attached hydrogen (secondary N) is 1. The maximum Gasteiger partial charge on any atom is 0.244 e. The molecule has 3 rings (SSSR count). The number of thioether (sulfide) groups is 1. The van der Waals surface area contributed by atoms with Crippen LogP contribution in [0.4, 0.5) is 0 Å². The summed E-state index contributed by atoms with van der Waals surface area (Å²) in [7, 11) is -3.47. The van der Waals surface area contributed by atoms with Crippen molar-refractivity contribution in [1.82, 2.24) is 14.6 Å². The Balaban J connectivity index is 1.69. The molecule has 0 unspecified atom stereocenters. The first kappa shape index (κ1) is 18.7. The van der Waals surface area contributed by atoms with E-state index in [1.54, 1.807) is 16.4 Å². The Hall–Kier alpha value is -1.12. The molecule has 2 aliphatic rings. The highest BCUT2D eigenvalue weighted by molar-refractivity contribution is 8.00. The summed E-state index contributed by atoms with van der Waals surface area (Å²) < 4.78 is 27.1. The number of nitrogens with zero attached hydrogens (tertiary/aromatic N) is 2. The second-order valence-electron chi connectivity index (χ2n) is 6.54. The quantitative estimate of drug-likeness (QED) is 0.864. The maximum absolute atomic E-state index is 12.8. The third-order valence-electron chi connectivity index (χ3n) is 4.66. The van der Waals surface area contributed by atoms with Crippen LogP contribution in [0.25, 0.3) is 0 Å². The van der Waals surface area contributed by atoms with E-state index in [-0.39, 0.29) is 16.1 Å². The summed E-state index contributed by atoms with van der Waals surface area (Å²) in [5.41, 5.74) is 0. The number of hydrogen-bond donors (Lipinski definition) is 1. The van der Waals surface area contributed by atoms with Gasteiger partial charge in [0.2, 0.25) is 15.9 Å². The zero-order chi connectivity index (χ0) is 17.7. The van der Waals surface area contributed by atoms with Crippen LogP contribution in [0.5, 0.6) is 0 Å². The van der Waals surface area contributed by atoms with E-state index in [2.05, 4.69) is 10.3 Å². The molecule has 2 saturated heterocycles. The maximum atomic E-state index is 12.8. The molecule has 0 bridgehead atoms. The number of carbonyl (C=O) groups is 1. The molecule has 0 saturated carbocycles. The van der Waals surface area contributed by atoms with Gasteiger partial charge in [-0.2, -0.15) is 4.31 Å². The Morgan fingerprint density at radius 2 is 1.84 bits per heavy atom. The Morgan fingerprint density at radius 1 is 1.08 bits per heavy atom. The van der Waals surface area contributed by atoms with E-state index in [9.17, 15) is 13.2 Å². The molecule has 8 heteroatoms. The number of rotatable bonds is 4. The van der Waals surface area contributed by atoms with E-state index in [1.165, 1.54) is 18.0 Å². The number of pyridine rings is 1. The predicted octanol–water partition coefficient (Wildman–Crippen LogP) is 2.41.